The summed E-state index contributed by atoms with van der Waals surface area (Å²) in [5, 5.41) is 4.53. The van der Waals surface area contributed by atoms with Crippen LogP contribution in [-0.4, -0.2) is 62.1 Å². The van der Waals surface area contributed by atoms with E-state index in [0.717, 1.165) is 33.6 Å². The van der Waals surface area contributed by atoms with Gasteiger partial charge in [0, 0.05) is 44.1 Å². The van der Waals surface area contributed by atoms with Gasteiger partial charge in [0.25, 0.3) is 0 Å². The number of piperazine rings is 1. The average Bonchev–Trinajstić information content (AvgIpc) is 3.07. The molecule has 7 nitrogen and oxygen atoms in total. The van der Waals surface area contributed by atoms with Gasteiger partial charge in [0.2, 0.25) is 11.8 Å². The molecular weight excluding hydrogens is 414 g/mol. The number of carbonyl (C=O) groups is 2. The Kier molecular flexibility index (Phi) is 6.58. The Morgan fingerprint density at radius 1 is 1.06 bits per heavy atom. The first-order valence-corrected chi connectivity index (χ1v) is 11.5. The van der Waals surface area contributed by atoms with E-state index in [1.54, 1.807) is 22.0 Å². The number of amides is 2. The third-order valence-electron chi connectivity index (χ3n) is 6.74. The van der Waals surface area contributed by atoms with Crippen molar-refractivity contribution >= 4 is 11.8 Å². The molecule has 1 aromatic carbocycles. The zero-order chi connectivity index (χ0) is 23.5. The van der Waals surface area contributed by atoms with E-state index >= 15 is 0 Å². The van der Waals surface area contributed by atoms with Crippen LogP contribution in [-0.2, 0) is 22.6 Å². The maximum atomic E-state index is 13.4. The fourth-order valence-electron chi connectivity index (χ4n) is 4.53. The molecule has 7 heteroatoms. The van der Waals surface area contributed by atoms with Crippen molar-refractivity contribution < 1.29 is 9.59 Å². The van der Waals surface area contributed by atoms with Crippen LogP contribution in [0.5, 0.6) is 0 Å². The normalized spacial score (nSPS) is 16.4. The van der Waals surface area contributed by atoms with Gasteiger partial charge in [0.1, 0.15) is 12.6 Å². The lowest BCUT2D eigenvalue weighted by molar-refractivity contribution is -0.151. The monoisotopic (exact) mass is 445 g/mol. The zero-order valence-corrected chi connectivity index (χ0v) is 19.8. The molecule has 0 bridgehead atoms. The van der Waals surface area contributed by atoms with Crippen molar-refractivity contribution in [3.05, 3.63) is 71.3 Å². The minimum absolute atomic E-state index is 0.00572. The molecule has 1 aliphatic rings. The number of aromatic nitrogens is 3. The smallest absolute Gasteiger partial charge is 0.245 e. The summed E-state index contributed by atoms with van der Waals surface area (Å²) in [5.41, 5.74) is 6.15. The number of aryl methyl sites for hydroxylation is 1. The number of pyridine rings is 1. The zero-order valence-electron chi connectivity index (χ0n) is 19.8. The van der Waals surface area contributed by atoms with Crippen LogP contribution in [0.4, 0.5) is 0 Å². The lowest BCUT2D eigenvalue weighted by Gasteiger charge is -2.40. The Bertz CT molecular complexity index is 1150. The number of nitrogens with zero attached hydrogens (tertiary/aromatic N) is 5. The van der Waals surface area contributed by atoms with E-state index in [2.05, 4.69) is 16.1 Å². The van der Waals surface area contributed by atoms with Crippen LogP contribution >= 0.6 is 0 Å². The highest BCUT2D eigenvalue weighted by molar-refractivity contribution is 5.89. The Balaban J connectivity index is 1.64. The van der Waals surface area contributed by atoms with Crippen LogP contribution in [0.25, 0.3) is 11.1 Å². The molecule has 1 atom stereocenters. The van der Waals surface area contributed by atoms with Gasteiger partial charge in [-0.3, -0.25) is 19.3 Å². The molecule has 2 amide bonds. The molecule has 172 valence electrons. The molecule has 1 unspecified atom stereocenters. The summed E-state index contributed by atoms with van der Waals surface area (Å²) in [5.74, 6) is -0.0673. The third kappa shape index (κ3) is 4.53. The minimum atomic E-state index is -0.535. The van der Waals surface area contributed by atoms with Crippen molar-refractivity contribution in [1.29, 1.82) is 0 Å². The van der Waals surface area contributed by atoms with Gasteiger partial charge in [-0.1, -0.05) is 24.3 Å². The summed E-state index contributed by atoms with van der Waals surface area (Å²) >= 11 is 0. The number of benzene rings is 1. The first kappa shape index (κ1) is 22.7. The van der Waals surface area contributed by atoms with Crippen molar-refractivity contribution in [2.24, 2.45) is 0 Å². The number of rotatable bonds is 6. The van der Waals surface area contributed by atoms with E-state index in [1.807, 2.05) is 62.9 Å². The van der Waals surface area contributed by atoms with Gasteiger partial charge in [-0.15, -0.1) is 0 Å². The fourth-order valence-corrected chi connectivity index (χ4v) is 4.53. The van der Waals surface area contributed by atoms with E-state index < -0.39 is 6.04 Å². The molecule has 4 rings (SSSR count). The van der Waals surface area contributed by atoms with Crippen molar-refractivity contribution in [1.82, 2.24) is 24.6 Å². The lowest BCUT2D eigenvalue weighted by atomic mass is 9.93. The predicted octanol–water partition coefficient (Wildman–Crippen LogP) is 3.17. The highest BCUT2D eigenvalue weighted by Crippen LogP contribution is 2.27. The number of likely N-dealkylation sites (N-methyl/N-ethyl adjacent to an activating group) is 1. The molecule has 2 aromatic heterocycles. The summed E-state index contributed by atoms with van der Waals surface area (Å²) in [6, 6.07) is 11.5. The van der Waals surface area contributed by atoms with Crippen LogP contribution in [0.2, 0.25) is 0 Å². The molecule has 0 radical (unpaired) electrons. The van der Waals surface area contributed by atoms with Crippen molar-refractivity contribution in [3.8, 4) is 11.1 Å². The lowest BCUT2D eigenvalue weighted by Crippen LogP contribution is -2.60. The van der Waals surface area contributed by atoms with Gasteiger partial charge in [0.15, 0.2) is 0 Å². The van der Waals surface area contributed by atoms with Crippen LogP contribution in [0.15, 0.2) is 48.8 Å². The highest BCUT2D eigenvalue weighted by Gasteiger charge is 2.37. The molecule has 1 fully saturated rings. The third-order valence-corrected chi connectivity index (χ3v) is 6.74. The average molecular weight is 446 g/mol. The Labute approximate surface area is 195 Å². The molecule has 3 heterocycles. The number of hydrogen-bond donors (Lipinski definition) is 0. The van der Waals surface area contributed by atoms with Crippen molar-refractivity contribution in [3.63, 3.8) is 0 Å². The topological polar surface area (TPSA) is 71.3 Å². The van der Waals surface area contributed by atoms with Gasteiger partial charge in [-0.05, 0) is 62.1 Å². The highest BCUT2D eigenvalue weighted by atomic mass is 16.2. The number of carbonyl (C=O) groups excluding carboxylic acids is 2. The molecule has 3 aromatic rings. The second-order valence-corrected chi connectivity index (χ2v) is 8.57. The molecular formula is C26H31N5O2. The first-order chi connectivity index (χ1) is 15.9. The van der Waals surface area contributed by atoms with Gasteiger partial charge in [-0.2, -0.15) is 5.10 Å². The first-order valence-electron chi connectivity index (χ1n) is 11.5. The summed E-state index contributed by atoms with van der Waals surface area (Å²) < 4.78 is 1.76. The van der Waals surface area contributed by atoms with Crippen molar-refractivity contribution in [2.45, 2.75) is 46.7 Å². The summed E-state index contributed by atoms with van der Waals surface area (Å²) in [4.78, 5) is 34.5. The van der Waals surface area contributed by atoms with Crippen LogP contribution < -0.4 is 0 Å². The molecule has 1 aliphatic heterocycles. The maximum Gasteiger partial charge on any atom is 0.245 e. The van der Waals surface area contributed by atoms with E-state index in [9.17, 15) is 9.59 Å². The summed E-state index contributed by atoms with van der Waals surface area (Å²) in [7, 11) is 0. The molecule has 0 saturated carbocycles. The molecule has 0 N–H and O–H groups in total. The minimum Gasteiger partial charge on any atom is -0.339 e. The van der Waals surface area contributed by atoms with Crippen LogP contribution in [0.3, 0.4) is 0 Å². The Morgan fingerprint density at radius 3 is 2.45 bits per heavy atom. The van der Waals surface area contributed by atoms with E-state index in [1.165, 1.54) is 0 Å². The van der Waals surface area contributed by atoms with Gasteiger partial charge in [-0.25, -0.2) is 0 Å². The van der Waals surface area contributed by atoms with Gasteiger partial charge < -0.3 is 9.80 Å². The molecule has 0 spiro atoms. The predicted molar refractivity (Wildman–Crippen MR) is 128 cm³/mol. The second-order valence-electron chi connectivity index (χ2n) is 8.57. The van der Waals surface area contributed by atoms with Gasteiger partial charge >= 0.3 is 0 Å². The summed E-state index contributed by atoms with van der Waals surface area (Å²) in [6.07, 6.45) is 4.00. The van der Waals surface area contributed by atoms with E-state index in [0.29, 0.717) is 26.1 Å². The molecule has 33 heavy (non-hydrogen) atoms. The van der Waals surface area contributed by atoms with Gasteiger partial charge in [0.05, 0.1) is 5.69 Å². The maximum absolute atomic E-state index is 13.4. The Hall–Kier alpha value is -3.48. The second kappa shape index (κ2) is 9.57. The quantitative estimate of drug-likeness (QED) is 0.584. The van der Waals surface area contributed by atoms with Crippen LogP contribution in [0, 0.1) is 20.8 Å². The fraction of sp³-hybridized carbons (Fsp3) is 0.385. The van der Waals surface area contributed by atoms with Crippen molar-refractivity contribution in [2.75, 3.05) is 19.6 Å². The SMILES string of the molecule is CCN1CCN(C(=O)Cn2nc(C)c(C)c2C)C(Cc2ccccc2-c2ccncc2)C1=O. The number of hydrogen-bond acceptors (Lipinski definition) is 4. The standard InChI is InChI=1S/C26H31N5O2/c1-5-29-14-15-30(25(32)17-31-20(4)18(2)19(3)28-31)24(26(29)33)16-22-8-6-7-9-23(22)21-10-12-27-13-11-21/h6-13,24H,5,14-17H2,1-4H3. The van der Waals surface area contributed by atoms with E-state index in [4.69, 9.17) is 0 Å². The largest absolute Gasteiger partial charge is 0.339 e. The van der Waals surface area contributed by atoms with Crippen LogP contribution in [0.1, 0.15) is 29.4 Å². The van der Waals surface area contributed by atoms with E-state index in [-0.39, 0.29) is 18.4 Å². The Morgan fingerprint density at radius 2 is 1.79 bits per heavy atom. The summed E-state index contributed by atoms with van der Waals surface area (Å²) in [6.45, 7) is 9.79. The molecule has 1 saturated heterocycles. The molecule has 0 aliphatic carbocycles.